The number of halogens is 3. The molecule has 0 radical (unpaired) electrons. The highest BCUT2D eigenvalue weighted by atomic mass is 19.4. The summed E-state index contributed by atoms with van der Waals surface area (Å²) in [5.74, 6) is -0.0364. The van der Waals surface area contributed by atoms with Gasteiger partial charge < -0.3 is 10.4 Å². The van der Waals surface area contributed by atoms with Gasteiger partial charge in [-0.2, -0.15) is 13.2 Å². The summed E-state index contributed by atoms with van der Waals surface area (Å²) in [5, 5.41) is 11.6. The summed E-state index contributed by atoms with van der Waals surface area (Å²) in [6.45, 7) is 5.03. The van der Waals surface area contributed by atoms with Crippen LogP contribution in [0.5, 0.6) is 0 Å². The van der Waals surface area contributed by atoms with E-state index in [9.17, 15) is 13.2 Å². The smallest absolute Gasteiger partial charge is 0.390 e. The SMILES string of the molecule is CC(CC(F)(F)F)NC(C)C(C)CO. The standard InChI is InChI=1S/C9H18F3NO/c1-6(5-14)8(3)13-7(2)4-9(10,11)12/h6-8,13-14H,4-5H2,1-3H3. The molecular formula is C9H18F3NO. The highest BCUT2D eigenvalue weighted by molar-refractivity contribution is 4.73. The van der Waals surface area contributed by atoms with E-state index >= 15 is 0 Å². The van der Waals surface area contributed by atoms with Crippen LogP contribution >= 0.6 is 0 Å². The summed E-state index contributed by atoms with van der Waals surface area (Å²) in [6.07, 6.45) is -4.97. The molecule has 0 spiro atoms. The lowest BCUT2D eigenvalue weighted by Gasteiger charge is -2.24. The van der Waals surface area contributed by atoms with Gasteiger partial charge in [-0.1, -0.05) is 6.92 Å². The molecule has 3 unspecified atom stereocenters. The van der Waals surface area contributed by atoms with Gasteiger partial charge in [-0.25, -0.2) is 0 Å². The Kier molecular flexibility index (Phi) is 5.44. The van der Waals surface area contributed by atoms with Gasteiger partial charge in [-0.3, -0.25) is 0 Å². The number of aliphatic hydroxyl groups excluding tert-OH is 1. The predicted molar refractivity (Wildman–Crippen MR) is 49.0 cm³/mol. The highest BCUT2D eigenvalue weighted by Crippen LogP contribution is 2.21. The van der Waals surface area contributed by atoms with Crippen molar-refractivity contribution in [3.63, 3.8) is 0 Å². The molecule has 86 valence electrons. The number of hydrogen-bond acceptors (Lipinski definition) is 2. The van der Waals surface area contributed by atoms with E-state index in [-0.39, 0.29) is 18.6 Å². The van der Waals surface area contributed by atoms with Crippen molar-refractivity contribution in [1.82, 2.24) is 5.32 Å². The third kappa shape index (κ3) is 6.21. The zero-order chi connectivity index (χ0) is 11.4. The van der Waals surface area contributed by atoms with Gasteiger partial charge in [0.05, 0.1) is 6.42 Å². The molecule has 0 aliphatic carbocycles. The lowest BCUT2D eigenvalue weighted by atomic mass is 10.0. The van der Waals surface area contributed by atoms with E-state index in [1.807, 2.05) is 0 Å². The van der Waals surface area contributed by atoms with Crippen LogP contribution in [0.2, 0.25) is 0 Å². The fourth-order valence-corrected chi connectivity index (χ4v) is 1.18. The average Bonchev–Trinajstić information content (AvgIpc) is 1.99. The summed E-state index contributed by atoms with van der Waals surface area (Å²) in [5.41, 5.74) is 0. The molecule has 0 saturated carbocycles. The molecule has 0 aromatic heterocycles. The van der Waals surface area contributed by atoms with E-state index in [4.69, 9.17) is 5.11 Å². The van der Waals surface area contributed by atoms with Gasteiger partial charge in [0.2, 0.25) is 0 Å². The van der Waals surface area contributed by atoms with Gasteiger partial charge in [-0.15, -0.1) is 0 Å². The molecule has 2 nitrogen and oxygen atoms in total. The fourth-order valence-electron chi connectivity index (χ4n) is 1.18. The first kappa shape index (κ1) is 13.7. The van der Waals surface area contributed by atoms with Crippen LogP contribution in [0.4, 0.5) is 13.2 Å². The Labute approximate surface area is 82.5 Å². The van der Waals surface area contributed by atoms with Gasteiger partial charge in [0, 0.05) is 18.7 Å². The van der Waals surface area contributed by atoms with Crippen LogP contribution in [0.3, 0.4) is 0 Å². The molecule has 0 rings (SSSR count). The van der Waals surface area contributed by atoms with E-state index in [0.29, 0.717) is 0 Å². The molecule has 0 amide bonds. The lowest BCUT2D eigenvalue weighted by Crippen LogP contribution is -2.41. The van der Waals surface area contributed by atoms with Crippen LogP contribution in [-0.4, -0.2) is 30.0 Å². The van der Waals surface area contributed by atoms with Crippen LogP contribution in [0.25, 0.3) is 0 Å². The Morgan fingerprint density at radius 3 is 2.07 bits per heavy atom. The van der Waals surface area contributed by atoms with Crippen LogP contribution in [0.1, 0.15) is 27.2 Å². The maximum Gasteiger partial charge on any atom is 0.390 e. The monoisotopic (exact) mass is 213 g/mol. The van der Waals surface area contributed by atoms with Crippen molar-refractivity contribution >= 4 is 0 Å². The van der Waals surface area contributed by atoms with Crippen molar-refractivity contribution in [1.29, 1.82) is 0 Å². The Bertz CT molecular complexity index is 161. The molecule has 0 heterocycles. The van der Waals surface area contributed by atoms with Crippen molar-refractivity contribution in [3.8, 4) is 0 Å². The minimum atomic E-state index is -4.13. The lowest BCUT2D eigenvalue weighted by molar-refractivity contribution is -0.139. The van der Waals surface area contributed by atoms with Crippen molar-refractivity contribution < 1.29 is 18.3 Å². The predicted octanol–water partition coefficient (Wildman–Crippen LogP) is 1.93. The van der Waals surface area contributed by atoms with E-state index in [1.54, 1.807) is 13.8 Å². The Balaban J connectivity index is 3.88. The normalized spacial score (nSPS) is 19.1. The molecule has 0 aliphatic heterocycles. The molecule has 14 heavy (non-hydrogen) atoms. The quantitative estimate of drug-likeness (QED) is 0.731. The molecule has 0 aliphatic rings. The van der Waals surface area contributed by atoms with E-state index in [2.05, 4.69) is 5.32 Å². The Morgan fingerprint density at radius 1 is 1.21 bits per heavy atom. The Morgan fingerprint density at radius 2 is 1.71 bits per heavy atom. The first-order valence-corrected chi connectivity index (χ1v) is 4.70. The second kappa shape index (κ2) is 5.56. The van der Waals surface area contributed by atoms with Gasteiger partial charge in [-0.05, 0) is 19.8 Å². The van der Waals surface area contributed by atoms with Crippen LogP contribution in [0.15, 0.2) is 0 Å². The van der Waals surface area contributed by atoms with Crippen molar-refractivity contribution in [2.75, 3.05) is 6.61 Å². The van der Waals surface area contributed by atoms with Crippen molar-refractivity contribution in [2.24, 2.45) is 5.92 Å². The summed E-state index contributed by atoms with van der Waals surface area (Å²) in [6, 6.07) is -0.726. The van der Waals surface area contributed by atoms with E-state index < -0.39 is 18.6 Å². The maximum absolute atomic E-state index is 12.0. The second-order valence-corrected chi connectivity index (χ2v) is 3.84. The minimum absolute atomic E-state index is 0.0209. The van der Waals surface area contributed by atoms with Crippen LogP contribution in [-0.2, 0) is 0 Å². The molecule has 5 heteroatoms. The number of nitrogens with one attached hydrogen (secondary N) is 1. The van der Waals surface area contributed by atoms with E-state index in [1.165, 1.54) is 6.92 Å². The maximum atomic E-state index is 12.0. The molecule has 3 atom stereocenters. The molecule has 0 bridgehead atoms. The summed E-state index contributed by atoms with van der Waals surface area (Å²) in [7, 11) is 0. The molecule has 0 saturated heterocycles. The van der Waals surface area contributed by atoms with Crippen molar-refractivity contribution in [3.05, 3.63) is 0 Å². The fraction of sp³-hybridized carbons (Fsp3) is 1.00. The van der Waals surface area contributed by atoms with Crippen LogP contribution in [0, 0.1) is 5.92 Å². The number of alkyl halides is 3. The average molecular weight is 213 g/mol. The topological polar surface area (TPSA) is 32.3 Å². The number of aliphatic hydroxyl groups is 1. The Hall–Kier alpha value is -0.290. The molecular weight excluding hydrogens is 195 g/mol. The summed E-state index contributed by atoms with van der Waals surface area (Å²) in [4.78, 5) is 0. The summed E-state index contributed by atoms with van der Waals surface area (Å²) >= 11 is 0. The molecule has 0 fully saturated rings. The third-order valence-corrected chi connectivity index (χ3v) is 2.23. The van der Waals surface area contributed by atoms with Gasteiger partial charge in [0.15, 0.2) is 0 Å². The zero-order valence-corrected chi connectivity index (χ0v) is 8.73. The third-order valence-electron chi connectivity index (χ3n) is 2.23. The second-order valence-electron chi connectivity index (χ2n) is 3.84. The first-order valence-electron chi connectivity index (χ1n) is 4.70. The van der Waals surface area contributed by atoms with Crippen LogP contribution < -0.4 is 5.32 Å². The first-order chi connectivity index (χ1) is 6.26. The van der Waals surface area contributed by atoms with Gasteiger partial charge in [0.1, 0.15) is 0 Å². The minimum Gasteiger partial charge on any atom is -0.396 e. The van der Waals surface area contributed by atoms with E-state index in [0.717, 1.165) is 0 Å². The number of rotatable bonds is 5. The molecule has 0 aromatic rings. The van der Waals surface area contributed by atoms with Gasteiger partial charge >= 0.3 is 6.18 Å². The largest absolute Gasteiger partial charge is 0.396 e. The zero-order valence-electron chi connectivity index (χ0n) is 8.73. The van der Waals surface area contributed by atoms with Crippen molar-refractivity contribution in [2.45, 2.75) is 45.5 Å². The number of hydrogen-bond donors (Lipinski definition) is 2. The molecule has 0 aromatic carbocycles. The highest BCUT2D eigenvalue weighted by Gasteiger charge is 2.30. The van der Waals surface area contributed by atoms with Gasteiger partial charge in [0.25, 0.3) is 0 Å². The summed E-state index contributed by atoms with van der Waals surface area (Å²) < 4.78 is 35.9. The molecule has 2 N–H and O–H groups in total.